The molecule has 12 heteroatoms. The zero-order chi connectivity index (χ0) is 39.7. The fourth-order valence-electron chi connectivity index (χ4n) is 7.31. The summed E-state index contributed by atoms with van der Waals surface area (Å²) >= 11 is 15.9. The second kappa shape index (κ2) is 15.7. The average Bonchev–Trinajstić information content (AvgIpc) is 3.91. The van der Waals surface area contributed by atoms with Crippen molar-refractivity contribution < 1.29 is 0 Å². The number of rotatable bonds is 4. The molecule has 0 amide bonds. The van der Waals surface area contributed by atoms with Crippen LogP contribution >= 0.6 is 90.7 Å². The molecule has 0 aliphatic heterocycles. The Labute approximate surface area is 384 Å². The van der Waals surface area contributed by atoms with E-state index < -0.39 is 32.3 Å². The minimum atomic E-state index is -1.43. The highest BCUT2D eigenvalue weighted by molar-refractivity contribution is 7.36. The van der Waals surface area contributed by atoms with Gasteiger partial charge in [-0.1, -0.05) is 93.4 Å². The van der Waals surface area contributed by atoms with Crippen molar-refractivity contribution in [3.63, 3.8) is 0 Å². The van der Waals surface area contributed by atoms with E-state index in [1.807, 2.05) is 45.3 Å². The molecule has 0 nitrogen and oxygen atoms in total. The number of hydrogen-bond acceptors (Lipinski definition) is 8. The lowest BCUT2D eigenvalue weighted by Crippen LogP contribution is -2.35. The Balaban J connectivity index is 0.000000196. The fourth-order valence-corrected chi connectivity index (χ4v) is 23.8. The van der Waals surface area contributed by atoms with E-state index >= 15 is 0 Å². The van der Waals surface area contributed by atoms with Gasteiger partial charge in [0, 0.05) is 44.5 Å². The quantitative estimate of drug-likeness (QED) is 0.154. The number of fused-ring (bicyclic) bond motifs is 16. The van der Waals surface area contributed by atoms with Crippen LogP contribution in [0.2, 0.25) is 78.6 Å². The second-order valence-electron chi connectivity index (χ2n) is 19.1. The molecule has 0 N–H and O–H groups in total. The first-order chi connectivity index (χ1) is 26.3. The highest BCUT2D eigenvalue weighted by Crippen LogP contribution is 2.56. The van der Waals surface area contributed by atoms with Crippen molar-refractivity contribution in [2.24, 2.45) is 0 Å². The predicted octanol–water partition coefficient (Wildman–Crippen LogP) is 17.3. The predicted molar refractivity (Wildman–Crippen MR) is 292 cm³/mol. The molecule has 0 saturated heterocycles. The summed E-state index contributed by atoms with van der Waals surface area (Å²) < 4.78 is 6.56. The van der Waals surface area contributed by atoms with E-state index in [-0.39, 0.29) is 14.9 Å². The van der Waals surface area contributed by atoms with E-state index in [2.05, 4.69) is 194 Å². The summed E-state index contributed by atoms with van der Waals surface area (Å²) in [5.74, 6) is 0. The van der Waals surface area contributed by atoms with Crippen LogP contribution in [0.3, 0.4) is 0 Å². The second-order valence-corrected chi connectivity index (χ2v) is 48.5. The number of thiophene rings is 8. The lowest BCUT2D eigenvalue weighted by Gasteiger charge is -2.12. The molecular formula is C46H56S8Si4. The first-order valence-electron chi connectivity index (χ1n) is 19.2. The average molecular weight is 978 g/mol. The van der Waals surface area contributed by atoms with Crippen molar-refractivity contribution in [1.29, 1.82) is 0 Å². The highest BCUT2D eigenvalue weighted by Gasteiger charge is 2.35. The van der Waals surface area contributed by atoms with Gasteiger partial charge in [-0.25, -0.2) is 0 Å². The van der Waals surface area contributed by atoms with Crippen molar-refractivity contribution in [3.8, 4) is 83.5 Å². The molecule has 0 saturated carbocycles. The molecular weight excluding hydrogens is 921 g/mol. The minimum absolute atomic E-state index is 0. The van der Waals surface area contributed by atoms with Crippen molar-refractivity contribution in [3.05, 3.63) is 70.1 Å². The summed E-state index contributed by atoms with van der Waals surface area (Å²) in [4.78, 5) is 11.9. The maximum absolute atomic E-state index is 2.61. The molecule has 0 unspecified atom stereocenters. The Morgan fingerprint density at radius 2 is 0.466 bits per heavy atom. The largest absolute Gasteiger partial charge is 0.143 e. The zero-order valence-electron chi connectivity index (χ0n) is 34.2. The van der Waals surface area contributed by atoms with Gasteiger partial charge in [-0.05, 0) is 88.1 Å². The normalized spacial score (nSPS) is 12.9. The van der Waals surface area contributed by atoms with Gasteiger partial charge in [-0.15, -0.1) is 90.7 Å². The van der Waals surface area contributed by atoms with Crippen molar-refractivity contribution in [2.45, 2.75) is 93.4 Å². The van der Waals surface area contributed by atoms with E-state index in [9.17, 15) is 0 Å². The third kappa shape index (κ3) is 7.67. The van der Waals surface area contributed by atoms with E-state index in [1.54, 1.807) is 37.5 Å². The molecule has 0 aromatic carbocycles. The molecule has 0 radical (unpaired) electrons. The fraction of sp³-hybridized carbons (Fsp3) is 0.304. The Kier molecular flexibility index (Phi) is 12.0. The van der Waals surface area contributed by atoms with Crippen molar-refractivity contribution in [2.75, 3.05) is 0 Å². The van der Waals surface area contributed by atoms with Crippen LogP contribution in [-0.4, -0.2) is 32.3 Å². The molecule has 0 bridgehead atoms. The number of hydrogen-bond donors (Lipinski definition) is 0. The first kappa shape index (κ1) is 44.5. The lowest BCUT2D eigenvalue weighted by atomic mass is 9.97. The molecule has 8 heterocycles. The van der Waals surface area contributed by atoms with E-state index in [0.717, 1.165) is 0 Å². The Morgan fingerprint density at radius 1 is 0.276 bits per heavy atom. The van der Waals surface area contributed by atoms with E-state index in [0.29, 0.717) is 0 Å². The highest BCUT2D eigenvalue weighted by atomic mass is 32.1. The maximum atomic E-state index is 2.61. The molecule has 0 atom stereocenters. The smallest absolute Gasteiger partial charge is 0.0904 e. The van der Waals surface area contributed by atoms with Crippen LogP contribution in [0.5, 0.6) is 0 Å². The molecule has 10 rings (SSSR count). The van der Waals surface area contributed by atoms with Gasteiger partial charge >= 0.3 is 0 Å². The Morgan fingerprint density at radius 3 is 0.638 bits per heavy atom. The molecule has 0 fully saturated rings. The summed E-state index contributed by atoms with van der Waals surface area (Å²) in [6.07, 6.45) is 0. The molecule has 2 aliphatic rings. The van der Waals surface area contributed by atoms with Crippen LogP contribution in [0.15, 0.2) is 70.1 Å². The molecule has 58 heavy (non-hydrogen) atoms. The van der Waals surface area contributed by atoms with Gasteiger partial charge in [0.1, 0.15) is 0 Å². The molecule has 0 spiro atoms. The summed E-state index contributed by atoms with van der Waals surface area (Å²) in [5.41, 5.74) is 11.7. The topological polar surface area (TPSA) is 0 Å². The third-order valence-electron chi connectivity index (χ3n) is 10.5. The van der Waals surface area contributed by atoms with Gasteiger partial charge in [0.05, 0.1) is 71.3 Å². The van der Waals surface area contributed by atoms with Crippen molar-refractivity contribution in [1.82, 2.24) is 0 Å². The minimum Gasteiger partial charge on any atom is -0.143 e. The molecule has 8 aromatic rings. The van der Waals surface area contributed by atoms with Gasteiger partial charge in [0.25, 0.3) is 0 Å². The van der Waals surface area contributed by atoms with Crippen LogP contribution in [0.25, 0.3) is 83.5 Å². The van der Waals surface area contributed by atoms with Gasteiger partial charge in [-0.3, -0.25) is 0 Å². The molecule has 2 aliphatic carbocycles. The van der Waals surface area contributed by atoms with Crippen LogP contribution in [0, 0.1) is 0 Å². The van der Waals surface area contributed by atoms with Crippen LogP contribution in [0.4, 0.5) is 0 Å². The van der Waals surface area contributed by atoms with E-state index in [4.69, 9.17) is 0 Å². The maximum Gasteiger partial charge on any atom is 0.0904 e. The monoisotopic (exact) mass is 976 g/mol. The summed E-state index contributed by atoms with van der Waals surface area (Å²) in [6, 6.07) is 19.5. The third-order valence-corrected chi connectivity index (χ3v) is 33.7. The Hall–Kier alpha value is -1.53. The molecule has 304 valence electrons. The summed E-state index contributed by atoms with van der Waals surface area (Å²) in [6.45, 7) is 30.1. The zero-order valence-corrected chi connectivity index (χ0v) is 44.7. The first-order valence-corrected chi connectivity index (χ1v) is 40.0. The lowest BCUT2D eigenvalue weighted by molar-refractivity contribution is 1.72. The van der Waals surface area contributed by atoms with Crippen molar-refractivity contribution >= 4 is 141 Å². The SMILES string of the molecule is C.C.C[Si](C)(C)c1cc2c(s1)-c1sc([Si](C)(C)C)cc1-c1cc([Si](C)(C)C)sc1-c1sc([Si](C)(C)C)cc1-2.c1cc2c(s1)-c1sccc1-c1ccsc1-c1sccc1-2. The van der Waals surface area contributed by atoms with Gasteiger partial charge in [-0.2, -0.15) is 0 Å². The van der Waals surface area contributed by atoms with Crippen LogP contribution in [0.1, 0.15) is 14.9 Å². The summed E-state index contributed by atoms with van der Waals surface area (Å²) in [5, 5.41) is 8.87. The Bertz CT molecular complexity index is 2170. The van der Waals surface area contributed by atoms with Crippen LogP contribution < -0.4 is 18.0 Å². The van der Waals surface area contributed by atoms with E-state index in [1.165, 1.54) is 64.0 Å². The van der Waals surface area contributed by atoms with Gasteiger partial charge in [0.15, 0.2) is 0 Å². The standard InChI is InChI=1S/C28H40S4Si4.C16H8S4.2CH4/c1-33(2,3)21-13-17-18-14-22(34(4,5)6)31-27(18)28-20(16-24(32-28)36(10,11)12)19-15-23(35(7,8)9)30-26(19)25(17)29-21;1-5-17-13-9(1)10-2-6-18-14(10)16-12(4-8-20-16)11-3-7-19-15(11)13;;/h13-16H,1-12H3;1-8H;2*1H4. The van der Waals surface area contributed by atoms with Gasteiger partial charge in [0.2, 0.25) is 0 Å². The summed E-state index contributed by atoms with van der Waals surface area (Å²) in [7, 11) is -5.72. The van der Waals surface area contributed by atoms with Gasteiger partial charge < -0.3 is 0 Å². The van der Waals surface area contributed by atoms with Crippen LogP contribution in [-0.2, 0) is 0 Å². The molecule has 8 aromatic heterocycles.